The number of hydrogen-bond donors (Lipinski definition) is 1. The fourth-order valence-corrected chi connectivity index (χ4v) is 1.24. The minimum atomic E-state index is 0.756. The highest BCUT2D eigenvalue weighted by Crippen LogP contribution is 2.27. The first-order chi connectivity index (χ1) is 7.17. The molecule has 0 fully saturated rings. The summed E-state index contributed by atoms with van der Waals surface area (Å²) in [6, 6.07) is 5.89. The molecule has 84 valence electrons. The van der Waals surface area contributed by atoms with Crippen LogP contribution in [0.5, 0.6) is 11.5 Å². The highest BCUT2D eigenvalue weighted by Gasteiger charge is 2.04. The number of nitrogens with zero attached hydrogens (tertiary/aromatic N) is 1. The molecule has 0 spiro atoms. The van der Waals surface area contributed by atoms with Crippen LogP contribution in [0.4, 0.5) is 0 Å². The van der Waals surface area contributed by atoms with Gasteiger partial charge in [-0.15, -0.1) is 0 Å². The molecule has 0 aliphatic heterocycles. The van der Waals surface area contributed by atoms with Crippen molar-refractivity contribution in [3.05, 3.63) is 23.8 Å². The van der Waals surface area contributed by atoms with Crippen molar-refractivity contribution in [2.24, 2.45) is 0 Å². The molecule has 0 saturated heterocycles. The van der Waals surface area contributed by atoms with E-state index in [1.165, 1.54) is 0 Å². The maximum atomic E-state index is 5.22. The molecule has 1 rings (SSSR count). The molecule has 1 aromatic rings. The van der Waals surface area contributed by atoms with E-state index >= 15 is 0 Å². The van der Waals surface area contributed by atoms with Crippen LogP contribution in [0.2, 0.25) is 0 Å². The number of rotatable bonds is 5. The van der Waals surface area contributed by atoms with Crippen LogP contribution in [0, 0.1) is 0 Å². The molecule has 0 unspecified atom stereocenters. The molecular weight excluding hydrogens is 192 g/mol. The third-order valence-corrected chi connectivity index (χ3v) is 2.05. The van der Waals surface area contributed by atoms with Crippen molar-refractivity contribution in [1.82, 2.24) is 10.4 Å². The molecule has 0 radical (unpaired) electrons. The van der Waals surface area contributed by atoms with Crippen molar-refractivity contribution in [2.75, 3.05) is 28.3 Å². The molecule has 0 aromatic heterocycles. The monoisotopic (exact) mass is 210 g/mol. The zero-order valence-electron chi connectivity index (χ0n) is 9.70. The summed E-state index contributed by atoms with van der Waals surface area (Å²) in [6.45, 7) is 0.771. The maximum absolute atomic E-state index is 5.22. The lowest BCUT2D eigenvalue weighted by atomic mass is 10.2. The highest BCUT2D eigenvalue weighted by molar-refractivity contribution is 5.42. The number of ether oxygens (including phenoxy) is 2. The van der Waals surface area contributed by atoms with E-state index in [4.69, 9.17) is 9.47 Å². The first-order valence-electron chi connectivity index (χ1n) is 4.79. The molecule has 4 heteroatoms. The molecule has 15 heavy (non-hydrogen) atoms. The van der Waals surface area contributed by atoms with E-state index in [-0.39, 0.29) is 0 Å². The molecule has 4 nitrogen and oxygen atoms in total. The second-order valence-corrected chi connectivity index (χ2v) is 3.42. The molecule has 1 N–H and O–H groups in total. The summed E-state index contributed by atoms with van der Waals surface area (Å²) in [6.07, 6.45) is 0. The number of hydrogen-bond acceptors (Lipinski definition) is 4. The van der Waals surface area contributed by atoms with Crippen LogP contribution in [0.15, 0.2) is 18.2 Å². The first-order valence-corrected chi connectivity index (χ1v) is 4.79. The normalized spacial score (nSPS) is 10.5. The van der Waals surface area contributed by atoms with Gasteiger partial charge < -0.3 is 9.47 Å². The summed E-state index contributed by atoms with van der Waals surface area (Å²) in [4.78, 5) is 0. The van der Waals surface area contributed by atoms with Crippen LogP contribution in [-0.4, -0.2) is 33.3 Å². The minimum absolute atomic E-state index is 0.756. The Morgan fingerprint density at radius 1 is 1.13 bits per heavy atom. The molecule has 0 bridgehead atoms. The summed E-state index contributed by atoms with van der Waals surface area (Å²) in [5, 5.41) is 1.91. The van der Waals surface area contributed by atoms with Gasteiger partial charge in [-0.2, -0.15) is 0 Å². The molecule has 0 aliphatic rings. The van der Waals surface area contributed by atoms with Gasteiger partial charge in [-0.05, 0) is 17.7 Å². The third kappa shape index (κ3) is 3.42. The Kier molecular flexibility index (Phi) is 4.39. The minimum Gasteiger partial charge on any atom is -0.493 e. The fraction of sp³-hybridized carbons (Fsp3) is 0.455. The lowest BCUT2D eigenvalue weighted by Gasteiger charge is -2.13. The maximum Gasteiger partial charge on any atom is 0.161 e. The smallest absolute Gasteiger partial charge is 0.161 e. The largest absolute Gasteiger partial charge is 0.493 e. The molecule has 0 amide bonds. The number of nitrogens with one attached hydrogen (secondary N) is 1. The topological polar surface area (TPSA) is 33.7 Å². The Bertz CT molecular complexity index is 313. The Morgan fingerprint density at radius 3 is 2.33 bits per heavy atom. The highest BCUT2D eigenvalue weighted by atomic mass is 16.5. The van der Waals surface area contributed by atoms with E-state index in [1.807, 2.05) is 37.3 Å². The van der Waals surface area contributed by atoms with Crippen molar-refractivity contribution < 1.29 is 9.47 Å². The van der Waals surface area contributed by atoms with Crippen LogP contribution in [0.3, 0.4) is 0 Å². The van der Waals surface area contributed by atoms with Gasteiger partial charge in [0.1, 0.15) is 0 Å². The average molecular weight is 210 g/mol. The average Bonchev–Trinajstić information content (AvgIpc) is 2.25. The molecule has 0 saturated carbocycles. The van der Waals surface area contributed by atoms with E-state index in [0.717, 1.165) is 23.6 Å². The van der Waals surface area contributed by atoms with E-state index in [1.54, 1.807) is 14.2 Å². The van der Waals surface area contributed by atoms with Gasteiger partial charge >= 0.3 is 0 Å². The molecular formula is C11H18N2O2. The summed E-state index contributed by atoms with van der Waals surface area (Å²) >= 11 is 0. The van der Waals surface area contributed by atoms with Gasteiger partial charge in [0, 0.05) is 20.6 Å². The second-order valence-electron chi connectivity index (χ2n) is 3.42. The summed E-state index contributed by atoms with van der Waals surface area (Å²) in [7, 11) is 7.19. The lowest BCUT2D eigenvalue weighted by Crippen LogP contribution is -2.29. The Morgan fingerprint density at radius 2 is 1.80 bits per heavy atom. The quantitative estimate of drug-likeness (QED) is 0.742. The van der Waals surface area contributed by atoms with Crippen molar-refractivity contribution in [3.8, 4) is 11.5 Å². The van der Waals surface area contributed by atoms with E-state index in [0.29, 0.717) is 0 Å². The molecule has 0 aliphatic carbocycles. The van der Waals surface area contributed by atoms with Gasteiger partial charge in [-0.1, -0.05) is 6.07 Å². The summed E-state index contributed by atoms with van der Waals surface area (Å²) in [5.74, 6) is 1.52. The van der Waals surface area contributed by atoms with E-state index in [2.05, 4.69) is 5.43 Å². The number of methoxy groups -OCH3 is 2. The van der Waals surface area contributed by atoms with Gasteiger partial charge in [0.2, 0.25) is 0 Å². The van der Waals surface area contributed by atoms with Gasteiger partial charge in [0.25, 0.3) is 0 Å². The van der Waals surface area contributed by atoms with Gasteiger partial charge in [-0.3, -0.25) is 10.4 Å². The predicted molar refractivity (Wildman–Crippen MR) is 60.1 cm³/mol. The van der Waals surface area contributed by atoms with Gasteiger partial charge in [0.15, 0.2) is 11.5 Å². The SMILES string of the molecule is COc1ccc(CNN(C)C)cc1OC. The summed E-state index contributed by atoms with van der Waals surface area (Å²) < 4.78 is 10.4. The van der Waals surface area contributed by atoms with Crippen LogP contribution in [-0.2, 0) is 6.54 Å². The standard InChI is InChI=1S/C11H18N2O2/c1-13(2)12-8-9-5-6-10(14-3)11(7-9)15-4/h5-7,12H,8H2,1-4H3. The van der Waals surface area contributed by atoms with Crippen LogP contribution in [0.25, 0.3) is 0 Å². The van der Waals surface area contributed by atoms with Gasteiger partial charge in [-0.25, -0.2) is 0 Å². The fourth-order valence-electron chi connectivity index (χ4n) is 1.24. The zero-order chi connectivity index (χ0) is 11.3. The molecule has 1 aromatic carbocycles. The van der Waals surface area contributed by atoms with Crippen LogP contribution in [0.1, 0.15) is 5.56 Å². The number of hydrazine groups is 1. The first kappa shape index (κ1) is 11.8. The molecule has 0 heterocycles. The predicted octanol–water partition coefficient (Wildman–Crippen LogP) is 1.27. The summed E-state index contributed by atoms with van der Waals surface area (Å²) in [5.41, 5.74) is 4.34. The Labute approximate surface area is 90.8 Å². The van der Waals surface area contributed by atoms with E-state index < -0.39 is 0 Å². The van der Waals surface area contributed by atoms with E-state index in [9.17, 15) is 0 Å². The molecule has 0 atom stereocenters. The zero-order valence-corrected chi connectivity index (χ0v) is 9.70. The lowest BCUT2D eigenvalue weighted by molar-refractivity contribution is 0.285. The Hall–Kier alpha value is -1.26. The van der Waals surface area contributed by atoms with Crippen molar-refractivity contribution in [2.45, 2.75) is 6.54 Å². The third-order valence-electron chi connectivity index (χ3n) is 2.05. The van der Waals surface area contributed by atoms with Crippen LogP contribution < -0.4 is 14.9 Å². The van der Waals surface area contributed by atoms with Crippen molar-refractivity contribution >= 4 is 0 Å². The second kappa shape index (κ2) is 5.58. The Balaban J connectivity index is 2.74. The van der Waals surface area contributed by atoms with Crippen molar-refractivity contribution in [1.29, 1.82) is 0 Å². The van der Waals surface area contributed by atoms with Crippen molar-refractivity contribution in [3.63, 3.8) is 0 Å². The van der Waals surface area contributed by atoms with Crippen LogP contribution >= 0.6 is 0 Å². The number of benzene rings is 1. The van der Waals surface area contributed by atoms with Gasteiger partial charge in [0.05, 0.1) is 14.2 Å².